The second-order valence-corrected chi connectivity index (χ2v) is 6.93. The van der Waals surface area contributed by atoms with E-state index < -0.39 is 0 Å². The van der Waals surface area contributed by atoms with Crippen molar-refractivity contribution in [3.63, 3.8) is 0 Å². The zero-order valence-corrected chi connectivity index (χ0v) is 14.9. The highest BCUT2D eigenvalue weighted by atomic mass is 16.2. The van der Waals surface area contributed by atoms with Crippen LogP contribution in [0.25, 0.3) is 0 Å². The van der Waals surface area contributed by atoms with Crippen LogP contribution in [0.15, 0.2) is 0 Å². The fraction of sp³-hybridized carbons (Fsp3) is 0.941. The number of nitrogens with zero attached hydrogens (tertiary/aromatic N) is 2. The molecule has 0 aromatic heterocycles. The van der Waals surface area contributed by atoms with Crippen LogP contribution in [0.3, 0.4) is 0 Å². The molecule has 1 aliphatic rings. The second-order valence-electron chi connectivity index (χ2n) is 6.93. The summed E-state index contributed by atoms with van der Waals surface area (Å²) < 4.78 is 0. The first kappa shape index (κ1) is 18.4. The number of carbonyl (C=O) groups excluding carboxylic acids is 1. The Morgan fingerprint density at radius 2 is 1.95 bits per heavy atom. The minimum atomic E-state index is -0.0982. The lowest BCUT2D eigenvalue weighted by Crippen LogP contribution is -2.57. The highest BCUT2D eigenvalue weighted by Crippen LogP contribution is 2.35. The Kier molecular flexibility index (Phi) is 7.14. The van der Waals surface area contributed by atoms with Crippen molar-refractivity contribution in [3.8, 4) is 0 Å². The summed E-state index contributed by atoms with van der Waals surface area (Å²) in [4.78, 5) is 16.6. The molecule has 1 rings (SSSR count). The number of hydrogen-bond acceptors (Lipinski definition) is 3. The molecule has 4 nitrogen and oxygen atoms in total. The van der Waals surface area contributed by atoms with Crippen LogP contribution >= 0.6 is 0 Å². The summed E-state index contributed by atoms with van der Waals surface area (Å²) in [6.45, 7) is 10.9. The monoisotopic (exact) mass is 297 g/mol. The number of amides is 1. The summed E-state index contributed by atoms with van der Waals surface area (Å²) in [7, 11) is 4.35. The average molecular weight is 297 g/mol. The van der Waals surface area contributed by atoms with Crippen molar-refractivity contribution in [1.82, 2.24) is 15.1 Å². The molecule has 3 unspecified atom stereocenters. The van der Waals surface area contributed by atoms with Gasteiger partial charge >= 0.3 is 0 Å². The van der Waals surface area contributed by atoms with E-state index in [1.54, 1.807) is 0 Å². The van der Waals surface area contributed by atoms with Gasteiger partial charge in [0.1, 0.15) is 0 Å². The molecule has 4 heteroatoms. The van der Waals surface area contributed by atoms with E-state index in [1.807, 2.05) is 25.7 Å². The predicted octanol–water partition coefficient (Wildman–Crippen LogP) is 2.34. The Morgan fingerprint density at radius 3 is 2.43 bits per heavy atom. The molecule has 0 bridgehead atoms. The number of carbonyl (C=O) groups is 1. The molecule has 0 spiro atoms. The third kappa shape index (κ3) is 4.68. The molecule has 1 N–H and O–H groups in total. The smallest absolute Gasteiger partial charge is 0.239 e. The first-order chi connectivity index (χ1) is 9.86. The number of nitrogens with one attached hydrogen (secondary N) is 1. The lowest BCUT2D eigenvalue weighted by molar-refractivity contribution is -0.132. The van der Waals surface area contributed by atoms with Gasteiger partial charge in [0.15, 0.2) is 0 Å². The summed E-state index contributed by atoms with van der Waals surface area (Å²) in [5.74, 6) is 0.995. The highest BCUT2D eigenvalue weighted by Gasteiger charge is 2.37. The van der Waals surface area contributed by atoms with Crippen molar-refractivity contribution >= 4 is 5.91 Å². The van der Waals surface area contributed by atoms with Gasteiger partial charge in [0.2, 0.25) is 5.91 Å². The molecule has 1 saturated carbocycles. The minimum Gasteiger partial charge on any atom is -0.342 e. The molecule has 21 heavy (non-hydrogen) atoms. The molecular formula is C17H35N3O. The van der Waals surface area contributed by atoms with E-state index >= 15 is 0 Å². The lowest BCUT2D eigenvalue weighted by Gasteiger charge is -2.46. The molecule has 1 amide bonds. The Hall–Kier alpha value is -0.610. The SMILES string of the molecule is CCN(CC)C(=O)C(C)NCC1(N(C)C)CCCC(C)C1. The molecule has 1 aliphatic carbocycles. The van der Waals surface area contributed by atoms with Gasteiger partial charge in [0, 0.05) is 25.2 Å². The first-order valence-corrected chi connectivity index (χ1v) is 8.56. The van der Waals surface area contributed by atoms with Crippen molar-refractivity contribution < 1.29 is 4.79 Å². The molecule has 3 atom stereocenters. The zero-order chi connectivity index (χ0) is 16.0. The van der Waals surface area contributed by atoms with Crippen LogP contribution in [0, 0.1) is 5.92 Å². The average Bonchev–Trinajstić information content (AvgIpc) is 2.45. The van der Waals surface area contributed by atoms with Crippen LogP contribution in [0.5, 0.6) is 0 Å². The van der Waals surface area contributed by atoms with E-state index in [2.05, 4.69) is 31.2 Å². The lowest BCUT2D eigenvalue weighted by atomic mass is 9.75. The predicted molar refractivity (Wildman–Crippen MR) is 89.4 cm³/mol. The van der Waals surface area contributed by atoms with Gasteiger partial charge in [-0.1, -0.05) is 19.8 Å². The Labute approximate surface area is 131 Å². The van der Waals surface area contributed by atoms with Gasteiger partial charge in [-0.05, 0) is 53.6 Å². The molecule has 0 aromatic rings. The molecule has 0 heterocycles. The Morgan fingerprint density at radius 1 is 1.33 bits per heavy atom. The Balaban J connectivity index is 2.63. The van der Waals surface area contributed by atoms with Crippen LogP contribution in [0.2, 0.25) is 0 Å². The van der Waals surface area contributed by atoms with Crippen LogP contribution in [-0.4, -0.2) is 61.0 Å². The molecule has 124 valence electrons. The van der Waals surface area contributed by atoms with E-state index in [-0.39, 0.29) is 17.5 Å². The molecule has 1 fully saturated rings. The zero-order valence-electron chi connectivity index (χ0n) is 14.9. The summed E-state index contributed by atoms with van der Waals surface area (Å²) in [6, 6.07) is -0.0982. The van der Waals surface area contributed by atoms with E-state index in [1.165, 1.54) is 25.7 Å². The minimum absolute atomic E-state index is 0.0982. The second kappa shape index (κ2) is 8.14. The Bertz CT molecular complexity index is 328. The van der Waals surface area contributed by atoms with Crippen LogP contribution in [0.4, 0.5) is 0 Å². The van der Waals surface area contributed by atoms with Crippen LogP contribution < -0.4 is 5.32 Å². The van der Waals surface area contributed by atoms with E-state index in [0.717, 1.165) is 25.6 Å². The molecule has 0 radical (unpaired) electrons. The third-order valence-corrected chi connectivity index (χ3v) is 5.20. The normalized spacial score (nSPS) is 27.7. The summed E-state index contributed by atoms with van der Waals surface area (Å²) in [5.41, 5.74) is 0.204. The topological polar surface area (TPSA) is 35.6 Å². The van der Waals surface area contributed by atoms with Crippen molar-refractivity contribution in [2.75, 3.05) is 33.7 Å². The fourth-order valence-electron chi connectivity index (χ4n) is 3.60. The maximum absolute atomic E-state index is 12.4. The summed E-state index contributed by atoms with van der Waals surface area (Å²) in [5, 5.41) is 3.51. The summed E-state index contributed by atoms with van der Waals surface area (Å²) >= 11 is 0. The third-order valence-electron chi connectivity index (χ3n) is 5.20. The van der Waals surface area contributed by atoms with Gasteiger partial charge in [0.25, 0.3) is 0 Å². The quantitative estimate of drug-likeness (QED) is 0.783. The number of hydrogen-bond donors (Lipinski definition) is 1. The molecular weight excluding hydrogens is 262 g/mol. The van der Waals surface area contributed by atoms with Crippen molar-refractivity contribution in [3.05, 3.63) is 0 Å². The van der Waals surface area contributed by atoms with Crippen LogP contribution in [0.1, 0.15) is 53.4 Å². The first-order valence-electron chi connectivity index (χ1n) is 8.56. The largest absolute Gasteiger partial charge is 0.342 e. The maximum Gasteiger partial charge on any atom is 0.239 e. The fourth-order valence-corrected chi connectivity index (χ4v) is 3.60. The maximum atomic E-state index is 12.4. The van der Waals surface area contributed by atoms with Gasteiger partial charge in [-0.2, -0.15) is 0 Å². The number of rotatable bonds is 7. The van der Waals surface area contributed by atoms with Gasteiger partial charge < -0.3 is 15.1 Å². The molecule has 0 aliphatic heterocycles. The summed E-state index contributed by atoms with van der Waals surface area (Å²) in [6.07, 6.45) is 5.08. The molecule has 0 saturated heterocycles. The van der Waals surface area contributed by atoms with E-state index in [4.69, 9.17) is 0 Å². The van der Waals surface area contributed by atoms with E-state index in [0.29, 0.717) is 0 Å². The molecule has 0 aromatic carbocycles. The van der Waals surface area contributed by atoms with Crippen molar-refractivity contribution in [2.24, 2.45) is 5.92 Å². The van der Waals surface area contributed by atoms with Gasteiger partial charge in [-0.25, -0.2) is 0 Å². The highest BCUT2D eigenvalue weighted by molar-refractivity contribution is 5.81. The van der Waals surface area contributed by atoms with Gasteiger partial charge in [-0.3, -0.25) is 4.79 Å². The van der Waals surface area contributed by atoms with Gasteiger partial charge in [-0.15, -0.1) is 0 Å². The van der Waals surface area contributed by atoms with Crippen molar-refractivity contribution in [1.29, 1.82) is 0 Å². The van der Waals surface area contributed by atoms with Gasteiger partial charge in [0.05, 0.1) is 6.04 Å². The van der Waals surface area contributed by atoms with Crippen LogP contribution in [-0.2, 0) is 4.79 Å². The van der Waals surface area contributed by atoms with E-state index in [9.17, 15) is 4.79 Å². The standard InChI is InChI=1S/C17H35N3O/c1-7-20(8-2)16(21)15(4)18-13-17(19(5)6)11-9-10-14(3)12-17/h14-15,18H,7-13H2,1-6H3. The number of likely N-dealkylation sites (N-methyl/N-ethyl adjacent to an activating group) is 2. The van der Waals surface area contributed by atoms with Crippen molar-refractivity contribution in [2.45, 2.75) is 65.0 Å².